The summed E-state index contributed by atoms with van der Waals surface area (Å²) in [6.07, 6.45) is 0.933. The van der Waals surface area contributed by atoms with Gasteiger partial charge in [0.05, 0.1) is 27.2 Å². The van der Waals surface area contributed by atoms with Crippen molar-refractivity contribution in [1.82, 2.24) is 10.2 Å². The van der Waals surface area contributed by atoms with Crippen LogP contribution in [0.2, 0.25) is 10.0 Å². The molecule has 0 saturated carbocycles. The molecule has 0 fully saturated rings. The molecule has 132 valence electrons. The standard InChI is InChI=1S/C17H17Cl2N3O2S/c1-22(9-15(23)21-16-11(18)3-2-4-12(16)19)17(24)14-7-10-8-20-6-5-13(10)25-14/h2-4,7,20H,5-6,8-9H2,1H3,(H,21,23). The van der Waals surface area contributed by atoms with Gasteiger partial charge in [-0.05, 0) is 30.2 Å². The number of para-hydroxylation sites is 1. The van der Waals surface area contributed by atoms with Crippen LogP contribution in [0.25, 0.3) is 0 Å². The number of hydrogen-bond acceptors (Lipinski definition) is 4. The first-order chi connectivity index (χ1) is 12.0. The van der Waals surface area contributed by atoms with Crippen molar-refractivity contribution in [2.75, 3.05) is 25.5 Å². The lowest BCUT2D eigenvalue weighted by Crippen LogP contribution is -2.34. The average molecular weight is 398 g/mol. The lowest BCUT2D eigenvalue weighted by molar-refractivity contribution is -0.116. The van der Waals surface area contributed by atoms with Gasteiger partial charge in [-0.3, -0.25) is 9.59 Å². The van der Waals surface area contributed by atoms with E-state index in [4.69, 9.17) is 23.2 Å². The van der Waals surface area contributed by atoms with E-state index in [0.717, 1.165) is 19.5 Å². The summed E-state index contributed by atoms with van der Waals surface area (Å²) < 4.78 is 0. The predicted octanol–water partition coefficient (Wildman–Crippen LogP) is 3.41. The summed E-state index contributed by atoms with van der Waals surface area (Å²) in [4.78, 5) is 28.1. The number of likely N-dealkylation sites (N-methyl/N-ethyl adjacent to an activating group) is 1. The Bertz CT molecular complexity index is 778. The third-order valence-electron chi connectivity index (χ3n) is 3.91. The first-order valence-corrected chi connectivity index (χ1v) is 9.34. The molecule has 0 unspecified atom stereocenters. The normalized spacial score (nSPS) is 13.2. The van der Waals surface area contributed by atoms with E-state index in [1.54, 1.807) is 25.2 Å². The molecular weight excluding hydrogens is 381 g/mol. The van der Waals surface area contributed by atoms with Crippen molar-refractivity contribution in [2.45, 2.75) is 13.0 Å². The fraction of sp³-hybridized carbons (Fsp3) is 0.294. The number of hydrogen-bond donors (Lipinski definition) is 2. The quantitative estimate of drug-likeness (QED) is 0.830. The Balaban J connectivity index is 1.65. The highest BCUT2D eigenvalue weighted by Gasteiger charge is 2.21. The second-order valence-electron chi connectivity index (χ2n) is 5.79. The maximum absolute atomic E-state index is 12.6. The summed E-state index contributed by atoms with van der Waals surface area (Å²) in [5.74, 6) is -0.520. The lowest BCUT2D eigenvalue weighted by atomic mass is 10.1. The Morgan fingerprint density at radius 2 is 2.04 bits per heavy atom. The average Bonchev–Trinajstić information content (AvgIpc) is 3.01. The zero-order valence-electron chi connectivity index (χ0n) is 13.6. The molecule has 2 amide bonds. The Morgan fingerprint density at radius 1 is 1.32 bits per heavy atom. The van der Waals surface area contributed by atoms with E-state index in [0.29, 0.717) is 20.6 Å². The highest BCUT2D eigenvalue weighted by atomic mass is 35.5. The predicted molar refractivity (Wildman–Crippen MR) is 102 cm³/mol. The van der Waals surface area contributed by atoms with Crippen molar-refractivity contribution in [2.24, 2.45) is 0 Å². The Morgan fingerprint density at radius 3 is 2.72 bits per heavy atom. The number of carbonyl (C=O) groups excluding carboxylic acids is 2. The van der Waals surface area contributed by atoms with Crippen LogP contribution in [0.15, 0.2) is 24.3 Å². The largest absolute Gasteiger partial charge is 0.332 e. The number of amides is 2. The molecule has 8 heteroatoms. The van der Waals surface area contributed by atoms with Crippen molar-refractivity contribution in [1.29, 1.82) is 0 Å². The number of thiophene rings is 1. The number of nitrogens with one attached hydrogen (secondary N) is 2. The highest BCUT2D eigenvalue weighted by Crippen LogP contribution is 2.30. The number of carbonyl (C=O) groups is 2. The zero-order valence-corrected chi connectivity index (χ0v) is 15.9. The van der Waals surface area contributed by atoms with Gasteiger partial charge in [0.1, 0.15) is 0 Å². The van der Waals surface area contributed by atoms with Gasteiger partial charge in [0.15, 0.2) is 0 Å². The molecule has 1 aliphatic rings. The molecule has 0 atom stereocenters. The number of halogens is 2. The molecule has 5 nitrogen and oxygen atoms in total. The van der Waals surface area contributed by atoms with Gasteiger partial charge in [0, 0.05) is 25.0 Å². The molecule has 0 aliphatic carbocycles. The third-order valence-corrected chi connectivity index (χ3v) is 5.76. The number of benzene rings is 1. The van der Waals surface area contributed by atoms with Crippen molar-refractivity contribution < 1.29 is 9.59 Å². The fourth-order valence-electron chi connectivity index (χ4n) is 2.63. The molecule has 3 rings (SSSR count). The van der Waals surface area contributed by atoms with Gasteiger partial charge < -0.3 is 15.5 Å². The van der Waals surface area contributed by atoms with E-state index < -0.39 is 0 Å². The minimum Gasteiger partial charge on any atom is -0.332 e. The van der Waals surface area contributed by atoms with E-state index in [2.05, 4.69) is 10.6 Å². The highest BCUT2D eigenvalue weighted by molar-refractivity contribution is 7.14. The maximum Gasteiger partial charge on any atom is 0.264 e. The fourth-order valence-corrected chi connectivity index (χ4v) is 4.30. The molecule has 25 heavy (non-hydrogen) atoms. The van der Waals surface area contributed by atoms with E-state index in [1.165, 1.54) is 26.7 Å². The lowest BCUT2D eigenvalue weighted by Gasteiger charge is -2.16. The molecule has 2 heterocycles. The van der Waals surface area contributed by atoms with Crippen molar-refractivity contribution in [3.8, 4) is 0 Å². The monoisotopic (exact) mass is 397 g/mol. The second kappa shape index (κ2) is 7.74. The molecule has 0 saturated heterocycles. The maximum atomic E-state index is 12.6. The number of fused-ring (bicyclic) bond motifs is 1. The summed E-state index contributed by atoms with van der Waals surface area (Å²) in [5, 5.41) is 6.66. The van der Waals surface area contributed by atoms with E-state index >= 15 is 0 Å². The van der Waals surface area contributed by atoms with Gasteiger partial charge in [-0.25, -0.2) is 0 Å². The van der Waals surface area contributed by atoms with Crippen LogP contribution in [-0.4, -0.2) is 36.9 Å². The van der Waals surface area contributed by atoms with Gasteiger partial charge >= 0.3 is 0 Å². The second-order valence-corrected chi connectivity index (χ2v) is 7.74. The third kappa shape index (κ3) is 4.15. The van der Waals surface area contributed by atoms with Crippen LogP contribution in [0.4, 0.5) is 5.69 Å². The van der Waals surface area contributed by atoms with Crippen molar-refractivity contribution in [3.05, 3.63) is 49.6 Å². The SMILES string of the molecule is CN(CC(=O)Nc1c(Cl)cccc1Cl)C(=O)c1cc2c(s1)CCNC2. The van der Waals surface area contributed by atoms with Gasteiger partial charge in [0.2, 0.25) is 5.91 Å². The van der Waals surface area contributed by atoms with E-state index in [-0.39, 0.29) is 18.4 Å². The Labute approximate surface area is 159 Å². The first-order valence-electron chi connectivity index (χ1n) is 7.77. The van der Waals surface area contributed by atoms with Crippen LogP contribution in [-0.2, 0) is 17.8 Å². The van der Waals surface area contributed by atoms with Crippen LogP contribution in [0.5, 0.6) is 0 Å². The summed E-state index contributed by atoms with van der Waals surface area (Å²) >= 11 is 13.6. The van der Waals surface area contributed by atoms with Crippen LogP contribution in [0.1, 0.15) is 20.1 Å². The molecule has 1 aliphatic heterocycles. The zero-order chi connectivity index (χ0) is 18.0. The number of nitrogens with zero attached hydrogens (tertiary/aromatic N) is 1. The van der Waals surface area contributed by atoms with Crippen molar-refractivity contribution in [3.63, 3.8) is 0 Å². The van der Waals surface area contributed by atoms with Gasteiger partial charge in [-0.1, -0.05) is 29.3 Å². The smallest absolute Gasteiger partial charge is 0.264 e. The molecule has 1 aromatic carbocycles. The Kier molecular flexibility index (Phi) is 5.64. The van der Waals surface area contributed by atoms with Crippen LogP contribution in [0, 0.1) is 0 Å². The summed E-state index contributed by atoms with van der Waals surface area (Å²) in [7, 11) is 1.60. The molecule has 0 radical (unpaired) electrons. The summed E-state index contributed by atoms with van der Waals surface area (Å²) in [6.45, 7) is 1.63. The molecule has 0 bridgehead atoms. The summed E-state index contributed by atoms with van der Waals surface area (Å²) in [5.41, 5.74) is 1.52. The number of rotatable bonds is 4. The van der Waals surface area contributed by atoms with E-state index in [1.807, 2.05) is 6.07 Å². The van der Waals surface area contributed by atoms with Crippen LogP contribution < -0.4 is 10.6 Å². The Hall–Kier alpha value is -1.60. The van der Waals surface area contributed by atoms with Crippen LogP contribution >= 0.6 is 34.5 Å². The molecule has 0 spiro atoms. The number of anilines is 1. The molecule has 1 aromatic heterocycles. The molecule has 2 aromatic rings. The molecular formula is C17H17Cl2N3O2S. The van der Waals surface area contributed by atoms with Gasteiger partial charge in [-0.2, -0.15) is 0 Å². The van der Waals surface area contributed by atoms with Crippen LogP contribution in [0.3, 0.4) is 0 Å². The first kappa shape index (κ1) is 18.2. The van der Waals surface area contributed by atoms with E-state index in [9.17, 15) is 9.59 Å². The minimum absolute atomic E-state index is 0.0821. The van der Waals surface area contributed by atoms with Gasteiger partial charge in [-0.15, -0.1) is 11.3 Å². The summed E-state index contributed by atoms with van der Waals surface area (Å²) in [6, 6.07) is 6.89. The van der Waals surface area contributed by atoms with Gasteiger partial charge in [0.25, 0.3) is 5.91 Å². The van der Waals surface area contributed by atoms with Crippen molar-refractivity contribution >= 4 is 52.0 Å². The minimum atomic E-state index is -0.353. The topological polar surface area (TPSA) is 61.4 Å². The molecule has 2 N–H and O–H groups in total.